The Kier molecular flexibility index (Phi) is 2.79. The van der Waals surface area contributed by atoms with Gasteiger partial charge in [0, 0.05) is 14.4 Å². The van der Waals surface area contributed by atoms with Gasteiger partial charge in [0.2, 0.25) is 0 Å². The maximum atomic E-state index is 7.98. The Bertz CT molecular complexity index is 299. The van der Waals surface area contributed by atoms with Crippen molar-refractivity contribution in [2.45, 2.75) is 19.9 Å². The fraction of sp³-hybridized carbons (Fsp3) is 0.462. The van der Waals surface area contributed by atoms with E-state index in [1.165, 1.54) is 12.0 Å². The lowest BCUT2D eigenvalue weighted by atomic mass is 9.99. The predicted molar refractivity (Wildman–Crippen MR) is 59.8 cm³/mol. The molecule has 1 aliphatic rings. The largest absolute Gasteiger partial charge is 0.299 e. The molecule has 0 spiro atoms. The Labute approximate surface area is 88.1 Å². The Morgan fingerprint density at radius 3 is 2.93 bits per heavy atom. The summed E-state index contributed by atoms with van der Waals surface area (Å²) in [5.41, 5.74) is 1.30. The van der Waals surface area contributed by atoms with Gasteiger partial charge >= 0.3 is 0 Å². The van der Waals surface area contributed by atoms with E-state index >= 15 is 0 Å². The molecule has 0 N–H and O–H groups in total. The highest BCUT2D eigenvalue weighted by Gasteiger charge is 2.15. The molecule has 2 rings (SSSR count). The lowest BCUT2D eigenvalue weighted by Crippen LogP contribution is -2.32. The summed E-state index contributed by atoms with van der Waals surface area (Å²) in [5.74, 6) is 0.597. The second-order valence-corrected chi connectivity index (χ2v) is 4.06. The third-order valence-electron chi connectivity index (χ3n) is 2.73. The fourth-order valence-corrected chi connectivity index (χ4v) is 1.76. The topological polar surface area (TPSA) is 3.24 Å². The van der Waals surface area contributed by atoms with Gasteiger partial charge in [-0.1, -0.05) is 37.3 Å². The molecule has 0 amide bonds. The summed E-state index contributed by atoms with van der Waals surface area (Å²) in [4.78, 5) is 2.22. The van der Waals surface area contributed by atoms with Crippen LogP contribution in [0.5, 0.6) is 0 Å². The van der Waals surface area contributed by atoms with Crippen LogP contribution in [-0.2, 0) is 6.54 Å². The van der Waals surface area contributed by atoms with Crippen LogP contribution in [0.1, 0.15) is 20.3 Å². The SMILES string of the molecule is [2H]C1[CH]C(C)CCN1Cc1ccccc1. The summed E-state index contributed by atoms with van der Waals surface area (Å²) in [5, 5.41) is 0. The standard InChI is InChI=1S/C13H18N/c1-12-7-9-14(10-8-12)11-13-5-3-2-4-6-13/h2-7,12H,8-11H2,1H3/i9D. The van der Waals surface area contributed by atoms with Crippen molar-refractivity contribution in [2.75, 3.05) is 13.1 Å². The molecule has 1 heteroatoms. The highest BCUT2D eigenvalue weighted by Crippen LogP contribution is 2.16. The van der Waals surface area contributed by atoms with Crippen LogP contribution >= 0.6 is 0 Å². The van der Waals surface area contributed by atoms with Crippen molar-refractivity contribution in [3.05, 3.63) is 42.3 Å². The molecule has 2 atom stereocenters. The van der Waals surface area contributed by atoms with Gasteiger partial charge < -0.3 is 0 Å². The van der Waals surface area contributed by atoms with Crippen molar-refractivity contribution in [3.8, 4) is 0 Å². The molecule has 1 aliphatic heterocycles. The number of benzene rings is 1. The molecule has 1 radical (unpaired) electrons. The molecule has 1 fully saturated rings. The van der Waals surface area contributed by atoms with Crippen molar-refractivity contribution in [1.29, 1.82) is 0 Å². The summed E-state index contributed by atoms with van der Waals surface area (Å²) in [6, 6.07) is 10.4. The van der Waals surface area contributed by atoms with E-state index in [2.05, 4.69) is 42.5 Å². The van der Waals surface area contributed by atoms with Crippen molar-refractivity contribution < 1.29 is 1.37 Å². The molecule has 0 aliphatic carbocycles. The Hall–Kier alpha value is -0.820. The van der Waals surface area contributed by atoms with Crippen LogP contribution in [0.2, 0.25) is 0 Å². The van der Waals surface area contributed by atoms with Crippen LogP contribution in [0, 0.1) is 12.3 Å². The number of hydrogen-bond acceptors (Lipinski definition) is 1. The summed E-state index contributed by atoms with van der Waals surface area (Å²) < 4.78 is 7.98. The van der Waals surface area contributed by atoms with Crippen LogP contribution in [-0.4, -0.2) is 18.0 Å². The zero-order valence-corrected chi connectivity index (χ0v) is 8.69. The third-order valence-corrected chi connectivity index (χ3v) is 2.73. The molecule has 14 heavy (non-hydrogen) atoms. The van der Waals surface area contributed by atoms with Crippen molar-refractivity contribution in [1.82, 2.24) is 4.90 Å². The minimum atomic E-state index is -0.131. The van der Waals surface area contributed by atoms with Gasteiger partial charge in [-0.3, -0.25) is 4.90 Å². The van der Waals surface area contributed by atoms with E-state index in [1.807, 2.05) is 6.07 Å². The van der Waals surface area contributed by atoms with Crippen molar-refractivity contribution in [2.24, 2.45) is 5.92 Å². The van der Waals surface area contributed by atoms with Crippen LogP contribution < -0.4 is 0 Å². The van der Waals surface area contributed by atoms with Crippen LogP contribution in [0.15, 0.2) is 30.3 Å². The van der Waals surface area contributed by atoms with Gasteiger partial charge in [-0.15, -0.1) is 0 Å². The van der Waals surface area contributed by atoms with Gasteiger partial charge in [0.1, 0.15) is 0 Å². The second kappa shape index (κ2) is 4.61. The molecule has 0 bridgehead atoms. The minimum Gasteiger partial charge on any atom is -0.299 e. The fourth-order valence-electron chi connectivity index (χ4n) is 1.76. The number of nitrogens with zero attached hydrogens (tertiary/aromatic N) is 1. The van der Waals surface area contributed by atoms with Gasteiger partial charge in [0.15, 0.2) is 0 Å². The molecule has 1 aromatic rings. The Balaban J connectivity index is 1.95. The molecule has 0 saturated carbocycles. The molecular formula is C13H18N. The molecule has 1 nitrogen and oxygen atoms in total. The first kappa shape index (κ1) is 8.49. The first-order chi connectivity index (χ1) is 7.25. The highest BCUT2D eigenvalue weighted by atomic mass is 15.1. The van der Waals surface area contributed by atoms with Gasteiger partial charge in [-0.25, -0.2) is 0 Å². The molecular weight excluding hydrogens is 170 g/mol. The van der Waals surface area contributed by atoms with Crippen LogP contribution in [0.4, 0.5) is 0 Å². The predicted octanol–water partition coefficient (Wildman–Crippen LogP) is 2.73. The quantitative estimate of drug-likeness (QED) is 0.691. The van der Waals surface area contributed by atoms with Gasteiger partial charge in [0.25, 0.3) is 0 Å². The first-order valence-electron chi connectivity index (χ1n) is 5.88. The second-order valence-electron chi connectivity index (χ2n) is 4.06. The van der Waals surface area contributed by atoms with Gasteiger partial charge in [-0.05, 0) is 30.9 Å². The minimum absolute atomic E-state index is 0.131. The average Bonchev–Trinajstić information content (AvgIpc) is 2.24. The zero-order valence-electron chi connectivity index (χ0n) is 9.69. The molecule has 2 unspecified atom stereocenters. The lowest BCUT2D eigenvalue weighted by molar-refractivity contribution is 0.228. The monoisotopic (exact) mass is 189 g/mol. The van der Waals surface area contributed by atoms with Crippen LogP contribution in [0.3, 0.4) is 0 Å². The van der Waals surface area contributed by atoms with E-state index in [0.717, 1.165) is 13.1 Å². The molecule has 1 aromatic carbocycles. The first-order valence-corrected chi connectivity index (χ1v) is 5.31. The average molecular weight is 189 g/mol. The summed E-state index contributed by atoms with van der Waals surface area (Å²) >= 11 is 0. The maximum absolute atomic E-state index is 7.98. The smallest absolute Gasteiger partial charge is 0.0434 e. The Morgan fingerprint density at radius 1 is 1.43 bits per heavy atom. The lowest BCUT2D eigenvalue weighted by Gasteiger charge is -2.29. The molecule has 1 saturated heterocycles. The van der Waals surface area contributed by atoms with Gasteiger partial charge in [-0.2, -0.15) is 0 Å². The molecule has 0 aromatic heterocycles. The molecule has 75 valence electrons. The number of hydrogen-bond donors (Lipinski definition) is 0. The number of likely N-dealkylation sites (tertiary alicyclic amines) is 1. The third kappa shape index (κ3) is 2.58. The summed E-state index contributed by atoms with van der Waals surface area (Å²) in [7, 11) is 0. The van der Waals surface area contributed by atoms with Crippen LogP contribution in [0.25, 0.3) is 0 Å². The van der Waals surface area contributed by atoms with E-state index in [-0.39, 0.29) is 6.52 Å². The summed E-state index contributed by atoms with van der Waals surface area (Å²) in [6.07, 6.45) is 3.31. The maximum Gasteiger partial charge on any atom is 0.0434 e. The number of piperidine rings is 1. The summed E-state index contributed by atoms with van der Waals surface area (Å²) in [6.45, 7) is 4.01. The number of rotatable bonds is 2. The zero-order chi connectivity index (χ0) is 10.7. The van der Waals surface area contributed by atoms with E-state index in [4.69, 9.17) is 1.37 Å². The van der Waals surface area contributed by atoms with E-state index < -0.39 is 0 Å². The Morgan fingerprint density at radius 2 is 2.21 bits per heavy atom. The highest BCUT2D eigenvalue weighted by molar-refractivity contribution is 5.14. The van der Waals surface area contributed by atoms with E-state index in [9.17, 15) is 0 Å². The molecule has 1 heterocycles. The van der Waals surface area contributed by atoms with E-state index in [0.29, 0.717) is 5.92 Å². The van der Waals surface area contributed by atoms with E-state index in [1.54, 1.807) is 0 Å². The van der Waals surface area contributed by atoms with Crippen molar-refractivity contribution >= 4 is 0 Å². The van der Waals surface area contributed by atoms with Crippen molar-refractivity contribution in [3.63, 3.8) is 0 Å². The normalized spacial score (nSPS) is 29.9. The van der Waals surface area contributed by atoms with Gasteiger partial charge in [0.05, 0.1) is 0 Å².